The molecule has 0 fully saturated rings. The van der Waals surface area contributed by atoms with Gasteiger partial charge in [-0.05, 0) is 43.9 Å². The van der Waals surface area contributed by atoms with Crippen LogP contribution in [0.3, 0.4) is 0 Å². The first-order chi connectivity index (χ1) is 7.65. The minimum atomic E-state index is 0.411. The molecule has 1 rings (SSSR count). The molecule has 90 valence electrons. The molecule has 1 heterocycles. The molecule has 0 saturated heterocycles. The van der Waals surface area contributed by atoms with E-state index < -0.39 is 0 Å². The number of aryl methyl sites for hydroxylation is 1. The van der Waals surface area contributed by atoms with Crippen molar-refractivity contribution >= 4 is 0 Å². The molecule has 1 atom stereocenters. The molecule has 1 aromatic rings. The molecule has 16 heavy (non-hydrogen) atoms. The Labute approximate surface area is 99.5 Å². The van der Waals surface area contributed by atoms with Crippen molar-refractivity contribution in [2.45, 2.75) is 46.6 Å². The predicted molar refractivity (Wildman–Crippen MR) is 69.5 cm³/mol. The van der Waals surface area contributed by atoms with Crippen molar-refractivity contribution in [2.75, 3.05) is 6.54 Å². The molecule has 0 aliphatic heterocycles. The monoisotopic (exact) mass is 220 g/mol. The molecule has 0 saturated carbocycles. The second kappa shape index (κ2) is 6.64. The third kappa shape index (κ3) is 3.93. The summed E-state index contributed by atoms with van der Waals surface area (Å²) in [5.41, 5.74) is 2.50. The first kappa shape index (κ1) is 13.2. The topological polar surface area (TPSA) is 24.9 Å². The van der Waals surface area contributed by atoms with Crippen LogP contribution in [0.4, 0.5) is 0 Å². The van der Waals surface area contributed by atoms with Gasteiger partial charge in [-0.2, -0.15) is 0 Å². The van der Waals surface area contributed by atoms with Crippen LogP contribution in [0.5, 0.6) is 0 Å². The van der Waals surface area contributed by atoms with Crippen LogP contribution in [-0.4, -0.2) is 11.5 Å². The quantitative estimate of drug-likeness (QED) is 0.794. The zero-order valence-corrected chi connectivity index (χ0v) is 11.0. The van der Waals surface area contributed by atoms with Gasteiger partial charge in [-0.1, -0.05) is 26.8 Å². The highest BCUT2D eigenvalue weighted by atomic mass is 14.9. The van der Waals surface area contributed by atoms with Crippen LogP contribution in [0.2, 0.25) is 0 Å². The molecule has 0 amide bonds. The van der Waals surface area contributed by atoms with Gasteiger partial charge in [0.1, 0.15) is 0 Å². The van der Waals surface area contributed by atoms with Crippen molar-refractivity contribution in [1.82, 2.24) is 10.3 Å². The summed E-state index contributed by atoms with van der Waals surface area (Å²) in [6.45, 7) is 9.84. The molecule has 0 spiro atoms. The minimum Gasteiger partial charge on any atom is -0.309 e. The van der Waals surface area contributed by atoms with E-state index in [1.165, 1.54) is 24.1 Å². The SMILES string of the molecule is CCNC(CCC(C)C)c1ncccc1C. The number of nitrogens with zero attached hydrogens (tertiary/aromatic N) is 1. The average Bonchev–Trinajstić information content (AvgIpc) is 2.25. The number of rotatable bonds is 6. The van der Waals surface area contributed by atoms with E-state index in [4.69, 9.17) is 0 Å². The maximum atomic E-state index is 4.51. The van der Waals surface area contributed by atoms with E-state index in [1.807, 2.05) is 12.3 Å². The highest BCUT2D eigenvalue weighted by molar-refractivity contribution is 5.21. The maximum absolute atomic E-state index is 4.51. The lowest BCUT2D eigenvalue weighted by atomic mass is 9.98. The zero-order chi connectivity index (χ0) is 12.0. The third-order valence-electron chi connectivity index (χ3n) is 2.86. The Morgan fingerprint density at radius 3 is 2.62 bits per heavy atom. The Hall–Kier alpha value is -0.890. The second-order valence-corrected chi connectivity index (χ2v) is 4.79. The largest absolute Gasteiger partial charge is 0.309 e. The predicted octanol–water partition coefficient (Wildman–Crippen LogP) is 3.48. The fraction of sp³-hybridized carbons (Fsp3) is 0.643. The fourth-order valence-corrected chi connectivity index (χ4v) is 1.94. The average molecular weight is 220 g/mol. The molecular weight excluding hydrogens is 196 g/mol. The first-order valence-corrected chi connectivity index (χ1v) is 6.30. The van der Waals surface area contributed by atoms with Crippen LogP contribution in [0.15, 0.2) is 18.3 Å². The molecule has 1 unspecified atom stereocenters. The summed E-state index contributed by atoms with van der Waals surface area (Å²) in [6, 6.07) is 4.56. The van der Waals surface area contributed by atoms with E-state index >= 15 is 0 Å². The van der Waals surface area contributed by atoms with Crippen LogP contribution in [0, 0.1) is 12.8 Å². The molecule has 1 N–H and O–H groups in total. The van der Waals surface area contributed by atoms with Crippen molar-refractivity contribution in [3.8, 4) is 0 Å². The molecular formula is C14H24N2. The normalized spacial score (nSPS) is 13.1. The smallest absolute Gasteiger partial charge is 0.0602 e. The molecule has 2 heteroatoms. The van der Waals surface area contributed by atoms with Crippen LogP contribution in [-0.2, 0) is 0 Å². The Balaban J connectivity index is 2.73. The number of hydrogen-bond donors (Lipinski definition) is 1. The van der Waals surface area contributed by atoms with Gasteiger partial charge in [0.2, 0.25) is 0 Å². The van der Waals surface area contributed by atoms with Gasteiger partial charge in [0.25, 0.3) is 0 Å². The summed E-state index contributed by atoms with van der Waals surface area (Å²) in [5, 5.41) is 3.53. The Bertz CT molecular complexity index is 307. The van der Waals surface area contributed by atoms with Crippen molar-refractivity contribution in [3.05, 3.63) is 29.6 Å². The van der Waals surface area contributed by atoms with Crippen LogP contribution >= 0.6 is 0 Å². The molecule has 0 aliphatic rings. The van der Waals surface area contributed by atoms with Gasteiger partial charge >= 0.3 is 0 Å². The standard InChI is InChI=1S/C14H24N2/c1-5-15-13(9-8-11(2)3)14-12(4)7-6-10-16-14/h6-7,10-11,13,15H,5,8-9H2,1-4H3. The summed E-state index contributed by atoms with van der Waals surface area (Å²) in [7, 11) is 0. The number of nitrogens with one attached hydrogen (secondary N) is 1. The van der Waals surface area contributed by atoms with Gasteiger partial charge in [0.05, 0.1) is 5.69 Å². The molecule has 0 radical (unpaired) electrons. The highest BCUT2D eigenvalue weighted by Crippen LogP contribution is 2.21. The van der Waals surface area contributed by atoms with E-state index in [-0.39, 0.29) is 0 Å². The highest BCUT2D eigenvalue weighted by Gasteiger charge is 2.13. The van der Waals surface area contributed by atoms with E-state index in [0.29, 0.717) is 6.04 Å². The molecule has 0 aliphatic carbocycles. The lowest BCUT2D eigenvalue weighted by Crippen LogP contribution is -2.23. The van der Waals surface area contributed by atoms with Gasteiger partial charge in [0, 0.05) is 12.2 Å². The Morgan fingerprint density at radius 1 is 1.31 bits per heavy atom. The first-order valence-electron chi connectivity index (χ1n) is 6.30. The second-order valence-electron chi connectivity index (χ2n) is 4.79. The Morgan fingerprint density at radius 2 is 2.06 bits per heavy atom. The van der Waals surface area contributed by atoms with Crippen molar-refractivity contribution < 1.29 is 0 Å². The lowest BCUT2D eigenvalue weighted by molar-refractivity contribution is 0.440. The van der Waals surface area contributed by atoms with E-state index in [9.17, 15) is 0 Å². The summed E-state index contributed by atoms with van der Waals surface area (Å²) in [5.74, 6) is 0.755. The number of aromatic nitrogens is 1. The minimum absolute atomic E-state index is 0.411. The molecule has 0 aromatic carbocycles. The molecule has 2 nitrogen and oxygen atoms in total. The summed E-state index contributed by atoms with van der Waals surface area (Å²) in [4.78, 5) is 4.51. The van der Waals surface area contributed by atoms with Crippen LogP contribution in [0.1, 0.15) is 50.9 Å². The van der Waals surface area contributed by atoms with Gasteiger partial charge in [-0.15, -0.1) is 0 Å². The van der Waals surface area contributed by atoms with Crippen LogP contribution < -0.4 is 5.32 Å². The van der Waals surface area contributed by atoms with E-state index in [1.54, 1.807) is 0 Å². The number of pyridine rings is 1. The molecule has 0 bridgehead atoms. The number of hydrogen-bond acceptors (Lipinski definition) is 2. The van der Waals surface area contributed by atoms with Gasteiger partial charge in [-0.25, -0.2) is 0 Å². The van der Waals surface area contributed by atoms with Gasteiger partial charge in [-0.3, -0.25) is 4.98 Å². The Kier molecular flexibility index (Phi) is 5.47. The summed E-state index contributed by atoms with van der Waals surface area (Å²) in [6.07, 6.45) is 4.30. The van der Waals surface area contributed by atoms with Crippen molar-refractivity contribution in [3.63, 3.8) is 0 Å². The molecule has 1 aromatic heterocycles. The van der Waals surface area contributed by atoms with Gasteiger partial charge < -0.3 is 5.32 Å². The lowest BCUT2D eigenvalue weighted by Gasteiger charge is -2.20. The maximum Gasteiger partial charge on any atom is 0.0602 e. The third-order valence-corrected chi connectivity index (χ3v) is 2.86. The van der Waals surface area contributed by atoms with E-state index in [2.05, 4.69) is 44.1 Å². The summed E-state index contributed by atoms with van der Waals surface area (Å²) < 4.78 is 0. The zero-order valence-electron chi connectivity index (χ0n) is 11.0. The fourth-order valence-electron chi connectivity index (χ4n) is 1.94. The van der Waals surface area contributed by atoms with Gasteiger partial charge in [0.15, 0.2) is 0 Å². The van der Waals surface area contributed by atoms with Crippen molar-refractivity contribution in [1.29, 1.82) is 0 Å². The van der Waals surface area contributed by atoms with E-state index in [0.717, 1.165) is 12.5 Å². The summed E-state index contributed by atoms with van der Waals surface area (Å²) >= 11 is 0. The van der Waals surface area contributed by atoms with Crippen LogP contribution in [0.25, 0.3) is 0 Å². The van der Waals surface area contributed by atoms with Crippen molar-refractivity contribution in [2.24, 2.45) is 5.92 Å².